The molecule has 8 nitrogen and oxygen atoms in total. The fourth-order valence-corrected chi connectivity index (χ4v) is 3.18. The first-order chi connectivity index (χ1) is 14.3. The summed E-state index contributed by atoms with van der Waals surface area (Å²) in [4.78, 5) is 38.3. The molecule has 0 radical (unpaired) electrons. The Morgan fingerprint density at radius 3 is 2.63 bits per heavy atom. The summed E-state index contributed by atoms with van der Waals surface area (Å²) >= 11 is 0. The van der Waals surface area contributed by atoms with Crippen molar-refractivity contribution in [3.8, 4) is 11.8 Å². The highest BCUT2D eigenvalue weighted by Crippen LogP contribution is 2.28. The van der Waals surface area contributed by atoms with Gasteiger partial charge in [-0.15, -0.1) is 0 Å². The van der Waals surface area contributed by atoms with Gasteiger partial charge in [0.15, 0.2) is 0 Å². The number of amides is 4. The van der Waals surface area contributed by atoms with E-state index in [0.29, 0.717) is 16.9 Å². The standard InChI is InChI=1S/C22H22N4O4/c1-15-4-3-5-18(12-15)30-11-10-24-19(27)14-26-20(28)22(2,25-21(26)29)17-8-6-16(13-23)7-9-17/h3-9,12H,10-11,14H2,1-2H3,(H,24,27)(H,25,29). The van der Waals surface area contributed by atoms with Crippen LogP contribution in [0.25, 0.3) is 0 Å². The highest BCUT2D eigenvalue weighted by atomic mass is 16.5. The van der Waals surface area contributed by atoms with E-state index in [-0.39, 0.29) is 19.7 Å². The molecule has 30 heavy (non-hydrogen) atoms. The van der Waals surface area contributed by atoms with Crippen LogP contribution < -0.4 is 15.4 Å². The smallest absolute Gasteiger partial charge is 0.325 e. The van der Waals surface area contributed by atoms with Crippen molar-refractivity contribution >= 4 is 17.8 Å². The SMILES string of the molecule is Cc1cccc(OCCNC(=O)CN2C(=O)NC(C)(c3ccc(C#N)cc3)C2=O)c1. The molecule has 1 fully saturated rings. The van der Waals surface area contributed by atoms with Crippen molar-refractivity contribution in [2.75, 3.05) is 19.7 Å². The van der Waals surface area contributed by atoms with Gasteiger partial charge in [-0.25, -0.2) is 4.79 Å². The minimum Gasteiger partial charge on any atom is -0.492 e. The second-order valence-corrected chi connectivity index (χ2v) is 7.15. The summed E-state index contributed by atoms with van der Waals surface area (Å²) in [6.45, 7) is 3.64. The average molecular weight is 406 g/mol. The third-order valence-electron chi connectivity index (χ3n) is 4.85. The highest BCUT2D eigenvalue weighted by Gasteiger charge is 2.49. The van der Waals surface area contributed by atoms with E-state index in [1.54, 1.807) is 31.2 Å². The summed E-state index contributed by atoms with van der Waals surface area (Å²) in [6, 6.07) is 15.3. The molecule has 2 aromatic rings. The van der Waals surface area contributed by atoms with Crippen LogP contribution >= 0.6 is 0 Å². The monoisotopic (exact) mass is 406 g/mol. The van der Waals surface area contributed by atoms with E-state index in [1.807, 2.05) is 37.3 Å². The molecule has 8 heteroatoms. The maximum absolute atomic E-state index is 12.8. The van der Waals surface area contributed by atoms with Crippen LogP contribution in [0.5, 0.6) is 5.75 Å². The second-order valence-electron chi connectivity index (χ2n) is 7.15. The van der Waals surface area contributed by atoms with Crippen molar-refractivity contribution in [2.45, 2.75) is 19.4 Å². The highest BCUT2D eigenvalue weighted by molar-refractivity contribution is 6.09. The van der Waals surface area contributed by atoms with Gasteiger partial charge in [-0.1, -0.05) is 24.3 Å². The number of nitriles is 1. The van der Waals surface area contributed by atoms with E-state index >= 15 is 0 Å². The normalized spacial score (nSPS) is 18.0. The van der Waals surface area contributed by atoms with Crippen molar-refractivity contribution in [3.05, 3.63) is 65.2 Å². The van der Waals surface area contributed by atoms with Crippen LogP contribution in [-0.2, 0) is 15.1 Å². The Labute approximate surface area is 174 Å². The Morgan fingerprint density at radius 1 is 1.23 bits per heavy atom. The summed E-state index contributed by atoms with van der Waals surface area (Å²) in [5, 5.41) is 14.2. The Morgan fingerprint density at radius 2 is 1.97 bits per heavy atom. The zero-order chi connectivity index (χ0) is 21.7. The summed E-state index contributed by atoms with van der Waals surface area (Å²) in [7, 11) is 0. The Balaban J connectivity index is 1.54. The summed E-state index contributed by atoms with van der Waals surface area (Å²) in [6.07, 6.45) is 0. The molecule has 0 saturated carbocycles. The van der Waals surface area contributed by atoms with Crippen molar-refractivity contribution in [3.63, 3.8) is 0 Å². The largest absolute Gasteiger partial charge is 0.492 e. The lowest BCUT2D eigenvalue weighted by atomic mass is 9.91. The Bertz CT molecular complexity index is 1010. The molecule has 1 aliphatic rings. The molecule has 0 aromatic heterocycles. The van der Waals surface area contributed by atoms with Gasteiger partial charge in [-0.3, -0.25) is 14.5 Å². The number of carbonyl (C=O) groups excluding carboxylic acids is 3. The first kappa shape index (κ1) is 20.9. The van der Waals surface area contributed by atoms with Gasteiger partial charge < -0.3 is 15.4 Å². The molecule has 3 rings (SSSR count). The molecule has 2 aromatic carbocycles. The van der Waals surface area contributed by atoms with E-state index in [0.717, 1.165) is 10.5 Å². The molecule has 4 amide bonds. The van der Waals surface area contributed by atoms with Crippen molar-refractivity contribution in [1.82, 2.24) is 15.5 Å². The number of hydrogen-bond acceptors (Lipinski definition) is 5. The quantitative estimate of drug-likeness (QED) is 0.538. The number of ether oxygens (including phenoxy) is 1. The number of imide groups is 1. The number of benzene rings is 2. The van der Waals surface area contributed by atoms with Gasteiger partial charge in [-0.05, 0) is 49.2 Å². The number of aryl methyl sites for hydroxylation is 1. The van der Waals surface area contributed by atoms with Crippen molar-refractivity contribution < 1.29 is 19.1 Å². The molecule has 0 aliphatic carbocycles. The summed E-state index contributed by atoms with van der Waals surface area (Å²) < 4.78 is 5.56. The van der Waals surface area contributed by atoms with E-state index in [9.17, 15) is 14.4 Å². The van der Waals surface area contributed by atoms with E-state index < -0.39 is 23.4 Å². The van der Waals surface area contributed by atoms with Crippen LogP contribution in [-0.4, -0.2) is 42.4 Å². The molecular weight excluding hydrogens is 384 g/mol. The van der Waals surface area contributed by atoms with Crippen LogP contribution in [0.4, 0.5) is 4.79 Å². The first-order valence-corrected chi connectivity index (χ1v) is 9.44. The van der Waals surface area contributed by atoms with Crippen LogP contribution in [0, 0.1) is 18.3 Å². The summed E-state index contributed by atoms with van der Waals surface area (Å²) in [5.41, 5.74) is 0.762. The minimum atomic E-state index is -1.29. The predicted molar refractivity (Wildman–Crippen MR) is 108 cm³/mol. The maximum Gasteiger partial charge on any atom is 0.325 e. The fourth-order valence-electron chi connectivity index (χ4n) is 3.18. The van der Waals surface area contributed by atoms with Crippen LogP contribution in [0.15, 0.2) is 48.5 Å². The lowest BCUT2D eigenvalue weighted by Gasteiger charge is -2.22. The van der Waals surface area contributed by atoms with Gasteiger partial charge in [0, 0.05) is 0 Å². The average Bonchev–Trinajstić information content (AvgIpc) is 2.95. The molecule has 0 spiro atoms. The van der Waals surface area contributed by atoms with E-state index in [2.05, 4.69) is 10.6 Å². The van der Waals surface area contributed by atoms with Gasteiger partial charge in [0.1, 0.15) is 24.4 Å². The predicted octanol–water partition coefficient (Wildman–Crippen LogP) is 1.83. The number of rotatable bonds is 7. The lowest BCUT2D eigenvalue weighted by molar-refractivity contribution is -0.134. The van der Waals surface area contributed by atoms with Gasteiger partial charge in [0.25, 0.3) is 5.91 Å². The number of nitrogens with one attached hydrogen (secondary N) is 2. The lowest BCUT2D eigenvalue weighted by Crippen LogP contribution is -2.43. The Kier molecular flexibility index (Phi) is 6.02. The molecule has 1 saturated heterocycles. The number of hydrogen-bond donors (Lipinski definition) is 2. The number of carbonyl (C=O) groups is 3. The number of urea groups is 1. The molecule has 1 aliphatic heterocycles. The van der Waals surface area contributed by atoms with Gasteiger partial charge in [-0.2, -0.15) is 5.26 Å². The molecule has 1 heterocycles. The van der Waals surface area contributed by atoms with Crippen LogP contribution in [0.2, 0.25) is 0 Å². The van der Waals surface area contributed by atoms with Gasteiger partial charge >= 0.3 is 6.03 Å². The molecular formula is C22H22N4O4. The van der Waals surface area contributed by atoms with E-state index in [1.165, 1.54) is 0 Å². The van der Waals surface area contributed by atoms with Crippen molar-refractivity contribution in [1.29, 1.82) is 5.26 Å². The molecule has 154 valence electrons. The topological polar surface area (TPSA) is 112 Å². The molecule has 1 atom stereocenters. The number of nitrogens with zero attached hydrogens (tertiary/aromatic N) is 2. The second kappa shape index (κ2) is 8.66. The minimum absolute atomic E-state index is 0.239. The molecule has 1 unspecified atom stereocenters. The first-order valence-electron chi connectivity index (χ1n) is 9.44. The van der Waals surface area contributed by atoms with Crippen LogP contribution in [0.1, 0.15) is 23.6 Å². The van der Waals surface area contributed by atoms with Crippen molar-refractivity contribution in [2.24, 2.45) is 0 Å². The van der Waals surface area contributed by atoms with Crippen LogP contribution in [0.3, 0.4) is 0 Å². The Hall–Kier alpha value is -3.86. The van der Waals surface area contributed by atoms with Gasteiger partial charge in [0.05, 0.1) is 18.2 Å². The van der Waals surface area contributed by atoms with Gasteiger partial charge in [0.2, 0.25) is 5.91 Å². The fraction of sp³-hybridized carbons (Fsp3) is 0.273. The third kappa shape index (κ3) is 4.41. The maximum atomic E-state index is 12.8. The zero-order valence-electron chi connectivity index (χ0n) is 16.8. The van der Waals surface area contributed by atoms with E-state index in [4.69, 9.17) is 10.00 Å². The molecule has 2 N–H and O–H groups in total. The third-order valence-corrected chi connectivity index (χ3v) is 4.85. The summed E-state index contributed by atoms with van der Waals surface area (Å²) in [5.74, 6) is -0.282. The zero-order valence-corrected chi connectivity index (χ0v) is 16.8. The molecule has 0 bridgehead atoms.